The molecule has 0 saturated carbocycles. The highest BCUT2D eigenvalue weighted by molar-refractivity contribution is 5.75. The molecule has 0 aliphatic carbocycles. The average molecular weight is 254 g/mol. The maximum Gasteiger partial charge on any atom is 0.320 e. The zero-order valence-corrected chi connectivity index (χ0v) is 12.1. The van der Waals surface area contributed by atoms with E-state index in [1.54, 1.807) is 0 Å². The van der Waals surface area contributed by atoms with Crippen molar-refractivity contribution in [2.75, 3.05) is 54.4 Å². The molecule has 2 heterocycles. The van der Waals surface area contributed by atoms with Crippen LogP contribution in [-0.2, 0) is 0 Å². The van der Waals surface area contributed by atoms with Crippen molar-refractivity contribution in [3.05, 3.63) is 0 Å². The molecular weight excluding hydrogens is 228 g/mol. The van der Waals surface area contributed by atoms with Crippen molar-refractivity contribution in [2.24, 2.45) is 0 Å². The zero-order chi connectivity index (χ0) is 13.3. The molecule has 2 aliphatic rings. The van der Waals surface area contributed by atoms with E-state index in [9.17, 15) is 4.79 Å². The van der Waals surface area contributed by atoms with Crippen LogP contribution in [0, 0.1) is 0 Å². The molecule has 2 unspecified atom stereocenters. The van der Waals surface area contributed by atoms with Gasteiger partial charge >= 0.3 is 6.03 Å². The van der Waals surface area contributed by atoms with Gasteiger partial charge in [-0.05, 0) is 41.0 Å². The highest BCUT2D eigenvalue weighted by Gasteiger charge is 2.34. The summed E-state index contributed by atoms with van der Waals surface area (Å²) >= 11 is 0. The van der Waals surface area contributed by atoms with E-state index in [4.69, 9.17) is 0 Å². The van der Waals surface area contributed by atoms with Crippen molar-refractivity contribution < 1.29 is 4.79 Å². The van der Waals surface area contributed by atoms with Gasteiger partial charge in [0.15, 0.2) is 0 Å². The first-order valence-electron chi connectivity index (χ1n) is 6.85. The lowest BCUT2D eigenvalue weighted by atomic mass is 10.2. The van der Waals surface area contributed by atoms with Crippen LogP contribution in [0.4, 0.5) is 4.79 Å². The second-order valence-corrected chi connectivity index (χ2v) is 5.99. The van der Waals surface area contributed by atoms with E-state index in [-0.39, 0.29) is 6.03 Å². The Kier molecular flexibility index (Phi) is 4.12. The minimum atomic E-state index is 0.240. The smallest absolute Gasteiger partial charge is 0.320 e. The maximum atomic E-state index is 12.4. The van der Waals surface area contributed by atoms with Crippen molar-refractivity contribution in [2.45, 2.75) is 24.9 Å². The van der Waals surface area contributed by atoms with Crippen molar-refractivity contribution in [3.8, 4) is 0 Å². The van der Waals surface area contributed by atoms with Crippen LogP contribution < -0.4 is 0 Å². The summed E-state index contributed by atoms with van der Waals surface area (Å²) in [4.78, 5) is 20.9. The van der Waals surface area contributed by atoms with Gasteiger partial charge in [0.25, 0.3) is 0 Å². The summed E-state index contributed by atoms with van der Waals surface area (Å²) < 4.78 is 0. The molecular formula is C13H26N4O. The van der Waals surface area contributed by atoms with E-state index in [0.717, 1.165) is 39.0 Å². The minimum absolute atomic E-state index is 0.240. The molecule has 2 fully saturated rings. The number of carbonyl (C=O) groups is 1. The Balaban J connectivity index is 1.86. The lowest BCUT2D eigenvalue weighted by Crippen LogP contribution is -2.43. The minimum Gasteiger partial charge on any atom is -0.323 e. The molecule has 104 valence electrons. The van der Waals surface area contributed by atoms with E-state index < -0.39 is 0 Å². The van der Waals surface area contributed by atoms with Crippen LogP contribution in [0.2, 0.25) is 0 Å². The monoisotopic (exact) mass is 254 g/mol. The fraction of sp³-hybridized carbons (Fsp3) is 0.923. The zero-order valence-electron chi connectivity index (χ0n) is 12.1. The predicted octanol–water partition coefficient (Wildman–Crippen LogP) is 0.378. The fourth-order valence-corrected chi connectivity index (χ4v) is 2.87. The molecule has 0 aromatic heterocycles. The molecule has 0 bridgehead atoms. The summed E-state index contributed by atoms with van der Waals surface area (Å²) in [5, 5.41) is 0. The first-order valence-corrected chi connectivity index (χ1v) is 6.85. The number of urea groups is 1. The summed E-state index contributed by atoms with van der Waals surface area (Å²) in [5.41, 5.74) is 0. The number of likely N-dealkylation sites (N-methyl/N-ethyl adjacent to an activating group) is 2. The summed E-state index contributed by atoms with van der Waals surface area (Å²) in [6, 6.07) is 1.30. The van der Waals surface area contributed by atoms with Gasteiger partial charge in [-0.2, -0.15) is 0 Å². The van der Waals surface area contributed by atoms with E-state index >= 15 is 0 Å². The number of carbonyl (C=O) groups excluding carboxylic acids is 1. The second-order valence-electron chi connectivity index (χ2n) is 5.99. The number of hydrogen-bond donors (Lipinski definition) is 0. The molecule has 2 atom stereocenters. The Labute approximate surface area is 110 Å². The quantitative estimate of drug-likeness (QED) is 0.713. The summed E-state index contributed by atoms with van der Waals surface area (Å²) in [6.45, 7) is 3.58. The normalized spacial score (nSPS) is 28.8. The Bertz CT molecular complexity index is 277. The Morgan fingerprint density at radius 3 is 1.56 bits per heavy atom. The third-order valence-corrected chi connectivity index (χ3v) is 4.33. The molecule has 2 rings (SSSR count). The van der Waals surface area contributed by atoms with Gasteiger partial charge in [-0.3, -0.25) is 0 Å². The molecule has 18 heavy (non-hydrogen) atoms. The first kappa shape index (κ1) is 13.6. The van der Waals surface area contributed by atoms with Gasteiger partial charge in [-0.1, -0.05) is 0 Å². The standard InChI is InChI=1S/C13H26N4O/c1-14(2)11-5-7-16(9-11)13(18)17-8-6-12(10-17)15(3)4/h11-12H,5-10H2,1-4H3. The van der Waals surface area contributed by atoms with Crippen molar-refractivity contribution >= 4 is 6.03 Å². The number of amides is 2. The fourth-order valence-electron chi connectivity index (χ4n) is 2.87. The Morgan fingerprint density at radius 1 is 0.889 bits per heavy atom. The number of likely N-dealkylation sites (tertiary alicyclic amines) is 2. The van der Waals surface area contributed by atoms with Crippen LogP contribution in [0.1, 0.15) is 12.8 Å². The first-order chi connectivity index (χ1) is 8.49. The summed E-state index contributed by atoms with van der Waals surface area (Å²) in [5.74, 6) is 0. The molecule has 2 amide bonds. The highest BCUT2D eigenvalue weighted by Crippen LogP contribution is 2.19. The molecule has 0 aromatic rings. The van der Waals surface area contributed by atoms with Crippen molar-refractivity contribution in [1.29, 1.82) is 0 Å². The maximum absolute atomic E-state index is 12.4. The highest BCUT2D eigenvalue weighted by atomic mass is 16.2. The van der Waals surface area contributed by atoms with Gasteiger partial charge in [0, 0.05) is 38.3 Å². The van der Waals surface area contributed by atoms with Crippen molar-refractivity contribution in [1.82, 2.24) is 19.6 Å². The third-order valence-electron chi connectivity index (χ3n) is 4.33. The number of rotatable bonds is 2. The van der Waals surface area contributed by atoms with Crippen LogP contribution in [0.5, 0.6) is 0 Å². The third kappa shape index (κ3) is 2.78. The van der Waals surface area contributed by atoms with Crippen molar-refractivity contribution in [3.63, 3.8) is 0 Å². The van der Waals surface area contributed by atoms with Crippen LogP contribution in [0.25, 0.3) is 0 Å². The van der Waals surface area contributed by atoms with Gasteiger partial charge in [0.2, 0.25) is 0 Å². The van der Waals surface area contributed by atoms with E-state index in [0.29, 0.717) is 12.1 Å². The second kappa shape index (κ2) is 5.45. The number of nitrogens with zero attached hydrogens (tertiary/aromatic N) is 4. The molecule has 0 radical (unpaired) electrons. The van der Waals surface area contributed by atoms with Gasteiger partial charge in [-0.25, -0.2) is 4.79 Å². The molecule has 2 saturated heterocycles. The van der Waals surface area contributed by atoms with E-state index in [1.807, 2.05) is 9.80 Å². The summed E-state index contributed by atoms with van der Waals surface area (Å²) in [6.07, 6.45) is 2.20. The van der Waals surface area contributed by atoms with Crippen LogP contribution in [0.3, 0.4) is 0 Å². The van der Waals surface area contributed by atoms with Crippen LogP contribution in [0.15, 0.2) is 0 Å². The molecule has 0 aromatic carbocycles. The largest absolute Gasteiger partial charge is 0.323 e. The van der Waals surface area contributed by atoms with Gasteiger partial charge in [0.1, 0.15) is 0 Å². The topological polar surface area (TPSA) is 30.0 Å². The molecule has 5 nitrogen and oxygen atoms in total. The predicted molar refractivity (Wildman–Crippen MR) is 72.7 cm³/mol. The molecule has 0 spiro atoms. The lowest BCUT2D eigenvalue weighted by Gasteiger charge is -2.26. The summed E-state index contributed by atoms with van der Waals surface area (Å²) in [7, 11) is 8.38. The molecule has 0 N–H and O–H groups in total. The number of hydrogen-bond acceptors (Lipinski definition) is 3. The lowest BCUT2D eigenvalue weighted by molar-refractivity contribution is 0.165. The Morgan fingerprint density at radius 2 is 1.28 bits per heavy atom. The SMILES string of the molecule is CN(C)C1CCN(C(=O)N2CCC(N(C)C)C2)C1. The molecule has 5 heteroatoms. The van der Waals surface area contributed by atoms with Gasteiger partial charge in [-0.15, -0.1) is 0 Å². The van der Waals surface area contributed by atoms with E-state index in [1.165, 1.54) is 0 Å². The molecule has 2 aliphatic heterocycles. The van der Waals surface area contributed by atoms with E-state index in [2.05, 4.69) is 38.0 Å². The van der Waals surface area contributed by atoms with Gasteiger partial charge in [0.05, 0.1) is 0 Å². The Hall–Kier alpha value is -0.810. The average Bonchev–Trinajstić information content (AvgIpc) is 2.97. The van der Waals surface area contributed by atoms with Crippen LogP contribution >= 0.6 is 0 Å². The van der Waals surface area contributed by atoms with Gasteiger partial charge < -0.3 is 19.6 Å². The van der Waals surface area contributed by atoms with Crippen LogP contribution in [-0.4, -0.2) is 92.1 Å².